The maximum Gasteiger partial charge on any atom is 0.407 e. The first-order valence-electron chi connectivity index (χ1n) is 9.31. The largest absolute Gasteiger partial charge is 0.465 e. The van der Waals surface area contributed by atoms with E-state index in [-0.39, 0.29) is 18.7 Å². The lowest BCUT2D eigenvalue weighted by Crippen LogP contribution is -2.53. The van der Waals surface area contributed by atoms with Crippen LogP contribution < -0.4 is 5.32 Å². The Hall–Kier alpha value is -2.28. The molecule has 0 bridgehead atoms. The second-order valence-electron chi connectivity index (χ2n) is 7.02. The maximum atomic E-state index is 12.0. The van der Waals surface area contributed by atoms with E-state index in [9.17, 15) is 9.59 Å². The molecule has 1 aliphatic carbocycles. The van der Waals surface area contributed by atoms with Gasteiger partial charge in [0.2, 0.25) is 0 Å². The van der Waals surface area contributed by atoms with Crippen LogP contribution in [0.25, 0.3) is 0 Å². The number of carbonyl (C=O) groups is 2. The summed E-state index contributed by atoms with van der Waals surface area (Å²) in [6.45, 7) is 3.05. The first-order chi connectivity index (χ1) is 12.6. The molecule has 0 unspecified atom stereocenters. The van der Waals surface area contributed by atoms with E-state index in [0.29, 0.717) is 19.1 Å². The molecule has 2 fully saturated rings. The van der Waals surface area contributed by atoms with Crippen LogP contribution in [0.5, 0.6) is 0 Å². The topological polar surface area (TPSA) is 82.1 Å². The van der Waals surface area contributed by atoms with Crippen LogP contribution in [0.4, 0.5) is 9.59 Å². The minimum Gasteiger partial charge on any atom is -0.465 e. The summed E-state index contributed by atoms with van der Waals surface area (Å²) in [4.78, 5) is 26.8. The van der Waals surface area contributed by atoms with Crippen molar-refractivity contribution < 1.29 is 19.4 Å². The van der Waals surface area contributed by atoms with E-state index in [4.69, 9.17) is 9.84 Å². The van der Waals surface area contributed by atoms with Gasteiger partial charge in [0.15, 0.2) is 0 Å². The summed E-state index contributed by atoms with van der Waals surface area (Å²) in [5, 5.41) is 12.0. The average molecular weight is 361 g/mol. The van der Waals surface area contributed by atoms with Crippen LogP contribution in [0.15, 0.2) is 30.3 Å². The second kappa shape index (κ2) is 8.89. The number of nitrogens with zero attached hydrogens (tertiary/aromatic N) is 2. The monoisotopic (exact) mass is 361 g/mol. The number of rotatable bonds is 4. The molecule has 2 N–H and O–H groups in total. The Labute approximate surface area is 153 Å². The molecule has 1 aliphatic heterocycles. The Balaban J connectivity index is 1.35. The van der Waals surface area contributed by atoms with E-state index in [1.54, 1.807) is 0 Å². The zero-order chi connectivity index (χ0) is 18.4. The van der Waals surface area contributed by atoms with E-state index >= 15 is 0 Å². The maximum absolute atomic E-state index is 12.0. The molecule has 2 amide bonds. The van der Waals surface area contributed by atoms with E-state index in [0.717, 1.165) is 44.3 Å². The van der Waals surface area contributed by atoms with E-state index in [1.165, 1.54) is 4.90 Å². The fourth-order valence-corrected chi connectivity index (χ4v) is 3.80. The number of nitrogens with one attached hydrogen (secondary N) is 1. The number of ether oxygens (including phenoxy) is 1. The first kappa shape index (κ1) is 18.5. The number of alkyl carbamates (subject to hydrolysis) is 1. The Morgan fingerprint density at radius 3 is 2.31 bits per heavy atom. The highest BCUT2D eigenvalue weighted by molar-refractivity contribution is 5.67. The highest BCUT2D eigenvalue weighted by Gasteiger charge is 2.30. The van der Waals surface area contributed by atoms with Crippen molar-refractivity contribution in [3.8, 4) is 0 Å². The Kier molecular flexibility index (Phi) is 6.33. The van der Waals surface area contributed by atoms with Crippen molar-refractivity contribution >= 4 is 12.2 Å². The Bertz CT molecular complexity index is 594. The molecular weight excluding hydrogens is 334 g/mol. The van der Waals surface area contributed by atoms with Crippen molar-refractivity contribution in [2.24, 2.45) is 0 Å². The summed E-state index contributed by atoms with van der Waals surface area (Å²) >= 11 is 0. The summed E-state index contributed by atoms with van der Waals surface area (Å²) < 4.78 is 5.29. The molecule has 1 heterocycles. The quantitative estimate of drug-likeness (QED) is 0.861. The number of amides is 2. The second-order valence-corrected chi connectivity index (χ2v) is 7.02. The van der Waals surface area contributed by atoms with Gasteiger partial charge in [-0.25, -0.2) is 9.59 Å². The van der Waals surface area contributed by atoms with E-state index < -0.39 is 6.09 Å². The molecule has 3 rings (SSSR count). The first-order valence-corrected chi connectivity index (χ1v) is 9.31. The number of hydrogen-bond donors (Lipinski definition) is 2. The Morgan fingerprint density at radius 2 is 1.69 bits per heavy atom. The van der Waals surface area contributed by atoms with Gasteiger partial charge in [-0.05, 0) is 31.2 Å². The van der Waals surface area contributed by atoms with Gasteiger partial charge in [0, 0.05) is 38.3 Å². The third kappa shape index (κ3) is 5.11. The smallest absolute Gasteiger partial charge is 0.407 e. The van der Waals surface area contributed by atoms with E-state index in [2.05, 4.69) is 10.2 Å². The average Bonchev–Trinajstić information content (AvgIpc) is 2.68. The van der Waals surface area contributed by atoms with Crippen molar-refractivity contribution in [2.45, 2.75) is 44.4 Å². The fraction of sp³-hybridized carbons (Fsp3) is 0.579. The van der Waals surface area contributed by atoms with Crippen LogP contribution in [-0.2, 0) is 11.3 Å². The minimum absolute atomic E-state index is 0.162. The highest BCUT2D eigenvalue weighted by atomic mass is 16.5. The SMILES string of the molecule is O=C(NC1CCC(N2CCN(C(=O)O)CC2)CC1)OCc1ccccc1. The molecule has 1 saturated carbocycles. The summed E-state index contributed by atoms with van der Waals surface area (Å²) in [6, 6.07) is 10.3. The molecule has 0 aromatic heterocycles. The van der Waals surface area contributed by atoms with Crippen molar-refractivity contribution in [3.63, 3.8) is 0 Å². The lowest BCUT2D eigenvalue weighted by Gasteiger charge is -2.41. The van der Waals surface area contributed by atoms with Crippen LogP contribution in [0.2, 0.25) is 0 Å². The van der Waals surface area contributed by atoms with Crippen molar-refractivity contribution in [1.82, 2.24) is 15.1 Å². The molecule has 0 spiro atoms. The summed E-state index contributed by atoms with van der Waals surface area (Å²) in [5.74, 6) is 0. The predicted molar refractivity (Wildman–Crippen MR) is 97.0 cm³/mol. The molecule has 1 aromatic rings. The molecule has 1 aromatic carbocycles. The number of benzene rings is 1. The van der Waals surface area contributed by atoms with Crippen molar-refractivity contribution in [2.75, 3.05) is 26.2 Å². The van der Waals surface area contributed by atoms with Crippen LogP contribution in [0.1, 0.15) is 31.2 Å². The summed E-state index contributed by atoms with van der Waals surface area (Å²) in [6.07, 6.45) is 2.74. The van der Waals surface area contributed by atoms with Crippen LogP contribution in [0, 0.1) is 0 Å². The molecular formula is C19H27N3O4. The minimum atomic E-state index is -0.827. The van der Waals surface area contributed by atoms with Gasteiger partial charge in [0.25, 0.3) is 0 Å². The third-order valence-electron chi connectivity index (χ3n) is 5.33. The van der Waals surface area contributed by atoms with Gasteiger partial charge in [0.05, 0.1) is 0 Å². The number of hydrogen-bond acceptors (Lipinski definition) is 4. The molecule has 2 aliphatic rings. The third-order valence-corrected chi connectivity index (χ3v) is 5.33. The van der Waals surface area contributed by atoms with Gasteiger partial charge in [0.1, 0.15) is 6.61 Å². The van der Waals surface area contributed by atoms with Gasteiger partial charge in [-0.1, -0.05) is 30.3 Å². The molecule has 7 nitrogen and oxygen atoms in total. The molecule has 0 atom stereocenters. The van der Waals surface area contributed by atoms with Crippen LogP contribution in [0.3, 0.4) is 0 Å². The van der Waals surface area contributed by atoms with Gasteiger partial charge in [-0.3, -0.25) is 4.90 Å². The number of carbonyl (C=O) groups excluding carboxylic acids is 1. The van der Waals surface area contributed by atoms with Gasteiger partial charge in [-0.2, -0.15) is 0 Å². The predicted octanol–water partition coefficient (Wildman–Crippen LogP) is 2.52. The summed E-state index contributed by atoms with van der Waals surface area (Å²) in [7, 11) is 0. The fourth-order valence-electron chi connectivity index (χ4n) is 3.80. The van der Waals surface area contributed by atoms with Gasteiger partial charge in [-0.15, -0.1) is 0 Å². The molecule has 1 saturated heterocycles. The van der Waals surface area contributed by atoms with Crippen molar-refractivity contribution in [1.29, 1.82) is 0 Å². The lowest BCUT2D eigenvalue weighted by atomic mass is 9.90. The Morgan fingerprint density at radius 1 is 1.04 bits per heavy atom. The summed E-state index contributed by atoms with van der Waals surface area (Å²) in [5.41, 5.74) is 0.979. The van der Waals surface area contributed by atoms with E-state index in [1.807, 2.05) is 30.3 Å². The number of carboxylic acid groups (broad SMARTS) is 1. The number of piperazine rings is 1. The van der Waals surface area contributed by atoms with Crippen LogP contribution >= 0.6 is 0 Å². The molecule has 7 heteroatoms. The molecule has 142 valence electrons. The molecule has 0 radical (unpaired) electrons. The molecule has 26 heavy (non-hydrogen) atoms. The normalized spacial score (nSPS) is 24.1. The lowest BCUT2D eigenvalue weighted by molar-refractivity contribution is 0.0686. The van der Waals surface area contributed by atoms with Crippen molar-refractivity contribution in [3.05, 3.63) is 35.9 Å². The standard InChI is InChI=1S/C19H27N3O4/c23-18(26-14-15-4-2-1-3-5-15)20-16-6-8-17(9-7-16)21-10-12-22(13-11-21)19(24)25/h1-5,16-17H,6-14H2,(H,20,23)(H,24,25). The highest BCUT2D eigenvalue weighted by Crippen LogP contribution is 2.24. The van der Waals surface area contributed by atoms with Crippen LogP contribution in [-0.4, -0.2) is 65.4 Å². The van der Waals surface area contributed by atoms with Gasteiger partial charge < -0.3 is 20.1 Å². The van der Waals surface area contributed by atoms with Gasteiger partial charge >= 0.3 is 12.2 Å². The zero-order valence-corrected chi connectivity index (χ0v) is 15.0. The zero-order valence-electron chi connectivity index (χ0n) is 15.0.